The molecule has 1 fully saturated rings. The minimum atomic E-state index is -0.891. The molecule has 3 rings (SSSR count). The lowest BCUT2D eigenvalue weighted by atomic mass is 9.94. The van der Waals surface area contributed by atoms with Crippen LogP contribution in [0.15, 0.2) is 48.5 Å². The summed E-state index contributed by atoms with van der Waals surface area (Å²) in [6.07, 6.45) is 1.40. The number of anilines is 1. The van der Waals surface area contributed by atoms with Gasteiger partial charge in [-0.3, -0.25) is 10.1 Å². The number of imide groups is 1. The van der Waals surface area contributed by atoms with Crippen molar-refractivity contribution in [3.63, 3.8) is 0 Å². The van der Waals surface area contributed by atoms with Crippen LogP contribution in [-0.4, -0.2) is 47.7 Å². The topological polar surface area (TPSA) is 132 Å². The molecule has 1 heterocycles. The van der Waals surface area contributed by atoms with Crippen LogP contribution in [-0.2, 0) is 0 Å². The molecular weight excluding hydrogens is 412 g/mol. The molecule has 1 saturated heterocycles. The summed E-state index contributed by atoms with van der Waals surface area (Å²) in [5.74, 6) is 0.137. The first kappa shape index (κ1) is 22.6. The van der Waals surface area contributed by atoms with Crippen LogP contribution in [0.5, 0.6) is 5.75 Å². The van der Waals surface area contributed by atoms with E-state index in [0.717, 1.165) is 19.3 Å². The normalized spacial score (nSPS) is 13.7. The van der Waals surface area contributed by atoms with Gasteiger partial charge in [0, 0.05) is 18.7 Å². The number of carbonyl (C=O) groups excluding carboxylic acids is 2. The first-order valence-corrected chi connectivity index (χ1v) is 10.3. The number of urea groups is 1. The molecule has 1 aliphatic rings. The number of likely N-dealkylation sites (tertiary alicyclic amines) is 1. The number of carbonyl (C=O) groups is 3. The number of benzene rings is 2. The van der Waals surface area contributed by atoms with Crippen molar-refractivity contribution in [2.75, 3.05) is 25.0 Å². The molecule has 9 nitrogen and oxygen atoms in total. The number of nitrogens with one attached hydrogen (secondary N) is 2. The second kappa shape index (κ2) is 10.8. The number of ether oxygens (including phenoxy) is 1. The second-order valence-electron chi connectivity index (χ2n) is 7.41. The highest BCUT2D eigenvalue weighted by atomic mass is 16.5. The monoisotopic (exact) mass is 436 g/mol. The van der Waals surface area contributed by atoms with E-state index in [1.54, 1.807) is 48.5 Å². The molecule has 9 heteroatoms. The average molecular weight is 436 g/mol. The summed E-state index contributed by atoms with van der Waals surface area (Å²) in [6.45, 7) is 1.40. The fourth-order valence-electron chi connectivity index (χ4n) is 3.54. The van der Waals surface area contributed by atoms with Crippen LogP contribution >= 0.6 is 0 Å². The molecule has 32 heavy (non-hydrogen) atoms. The summed E-state index contributed by atoms with van der Waals surface area (Å²) < 4.78 is 5.79. The van der Waals surface area contributed by atoms with Crippen LogP contribution < -0.4 is 15.4 Å². The molecule has 0 saturated carbocycles. The third-order valence-corrected chi connectivity index (χ3v) is 5.32. The molecule has 0 bridgehead atoms. The van der Waals surface area contributed by atoms with Crippen LogP contribution in [0.4, 0.5) is 15.3 Å². The molecule has 0 aliphatic carbocycles. The number of piperidine rings is 1. The zero-order chi connectivity index (χ0) is 22.9. The van der Waals surface area contributed by atoms with Gasteiger partial charge >= 0.3 is 12.1 Å². The standard InChI is InChI=1S/C23H24N4O5/c24-15-18-19(25-22(29)26-21(28)17-5-2-1-3-6-17)7-4-8-20(18)32-14-11-16-9-12-27(13-10-16)23(30)31/h1-8,16H,9-14H2,(H,30,31)(H2,25,26,28,29). The highest BCUT2D eigenvalue weighted by Crippen LogP contribution is 2.27. The summed E-state index contributed by atoms with van der Waals surface area (Å²) >= 11 is 0. The van der Waals surface area contributed by atoms with Gasteiger partial charge < -0.3 is 20.1 Å². The van der Waals surface area contributed by atoms with Crippen LogP contribution in [0, 0.1) is 17.2 Å². The Morgan fingerprint density at radius 3 is 2.47 bits per heavy atom. The Bertz CT molecular complexity index is 1010. The molecule has 0 radical (unpaired) electrons. The average Bonchev–Trinajstić information content (AvgIpc) is 2.80. The van der Waals surface area contributed by atoms with Gasteiger partial charge in [-0.1, -0.05) is 24.3 Å². The number of rotatable bonds is 6. The van der Waals surface area contributed by atoms with Crippen molar-refractivity contribution in [1.82, 2.24) is 10.2 Å². The number of amides is 4. The van der Waals surface area contributed by atoms with Crippen molar-refractivity contribution in [3.05, 3.63) is 59.7 Å². The predicted octanol–water partition coefficient (Wildman–Crippen LogP) is 3.68. The molecule has 1 aliphatic heterocycles. The number of nitrogens with zero attached hydrogens (tertiary/aromatic N) is 2. The Hall–Kier alpha value is -4.06. The lowest BCUT2D eigenvalue weighted by molar-refractivity contribution is 0.0966. The van der Waals surface area contributed by atoms with Crippen LogP contribution in [0.3, 0.4) is 0 Å². The van der Waals surface area contributed by atoms with E-state index in [2.05, 4.69) is 10.6 Å². The number of nitriles is 1. The highest BCUT2D eigenvalue weighted by molar-refractivity contribution is 6.08. The maximum Gasteiger partial charge on any atom is 0.407 e. The smallest absolute Gasteiger partial charge is 0.407 e. The molecule has 0 aromatic heterocycles. The van der Waals surface area contributed by atoms with E-state index in [-0.39, 0.29) is 11.3 Å². The molecule has 0 spiro atoms. The Kier molecular flexibility index (Phi) is 7.65. The minimum absolute atomic E-state index is 0.163. The molecule has 0 unspecified atom stereocenters. The van der Waals surface area contributed by atoms with Gasteiger partial charge in [-0.25, -0.2) is 9.59 Å². The summed E-state index contributed by atoms with van der Waals surface area (Å²) in [4.78, 5) is 36.7. The fourth-order valence-corrected chi connectivity index (χ4v) is 3.54. The Morgan fingerprint density at radius 1 is 1.09 bits per heavy atom. The zero-order valence-electron chi connectivity index (χ0n) is 17.4. The van der Waals surface area contributed by atoms with Gasteiger partial charge in [-0.2, -0.15) is 5.26 Å². The van der Waals surface area contributed by atoms with E-state index in [4.69, 9.17) is 9.84 Å². The van der Waals surface area contributed by atoms with E-state index in [0.29, 0.717) is 36.9 Å². The maximum absolute atomic E-state index is 12.2. The van der Waals surface area contributed by atoms with Crippen LogP contribution in [0.25, 0.3) is 0 Å². The van der Waals surface area contributed by atoms with E-state index in [1.165, 1.54) is 4.90 Å². The van der Waals surface area contributed by atoms with E-state index < -0.39 is 18.0 Å². The SMILES string of the molecule is N#Cc1c(NC(=O)NC(=O)c2ccccc2)cccc1OCCC1CCN(C(=O)O)CC1. The first-order chi connectivity index (χ1) is 15.5. The molecule has 2 aromatic carbocycles. The number of hydrogen-bond donors (Lipinski definition) is 3. The van der Waals surface area contributed by atoms with Crippen molar-refractivity contribution in [2.45, 2.75) is 19.3 Å². The van der Waals surface area contributed by atoms with Crippen molar-refractivity contribution >= 4 is 23.7 Å². The van der Waals surface area contributed by atoms with Crippen LogP contribution in [0.2, 0.25) is 0 Å². The van der Waals surface area contributed by atoms with Crippen molar-refractivity contribution in [3.8, 4) is 11.8 Å². The molecule has 166 valence electrons. The summed E-state index contributed by atoms with van der Waals surface area (Å²) in [6, 6.07) is 14.5. The van der Waals surface area contributed by atoms with Gasteiger partial charge in [-0.05, 0) is 49.4 Å². The molecule has 4 amide bonds. The quantitative estimate of drug-likeness (QED) is 0.633. The van der Waals surface area contributed by atoms with E-state index >= 15 is 0 Å². The third-order valence-electron chi connectivity index (χ3n) is 5.32. The zero-order valence-corrected chi connectivity index (χ0v) is 17.4. The highest BCUT2D eigenvalue weighted by Gasteiger charge is 2.22. The third kappa shape index (κ3) is 5.98. The number of carboxylic acid groups (broad SMARTS) is 1. The molecule has 2 aromatic rings. The van der Waals surface area contributed by atoms with Gasteiger partial charge in [-0.15, -0.1) is 0 Å². The van der Waals surface area contributed by atoms with Gasteiger partial charge in [0.2, 0.25) is 0 Å². The van der Waals surface area contributed by atoms with Gasteiger partial charge in [0.15, 0.2) is 0 Å². The molecule has 3 N–H and O–H groups in total. The Morgan fingerprint density at radius 2 is 1.81 bits per heavy atom. The minimum Gasteiger partial charge on any atom is -0.492 e. The van der Waals surface area contributed by atoms with Gasteiger partial charge in [0.05, 0.1) is 12.3 Å². The lowest BCUT2D eigenvalue weighted by Crippen LogP contribution is -2.37. The van der Waals surface area contributed by atoms with Crippen molar-refractivity contribution in [1.29, 1.82) is 5.26 Å². The van der Waals surface area contributed by atoms with Gasteiger partial charge in [0.1, 0.15) is 17.4 Å². The summed E-state index contributed by atoms with van der Waals surface area (Å²) in [7, 11) is 0. The van der Waals surface area contributed by atoms with E-state index in [9.17, 15) is 19.6 Å². The van der Waals surface area contributed by atoms with Gasteiger partial charge in [0.25, 0.3) is 5.91 Å². The fraction of sp³-hybridized carbons (Fsp3) is 0.304. The predicted molar refractivity (Wildman–Crippen MR) is 117 cm³/mol. The van der Waals surface area contributed by atoms with Crippen LogP contribution in [0.1, 0.15) is 35.2 Å². The van der Waals surface area contributed by atoms with E-state index in [1.807, 2.05) is 6.07 Å². The lowest BCUT2D eigenvalue weighted by Gasteiger charge is -2.29. The summed E-state index contributed by atoms with van der Waals surface area (Å²) in [5, 5.41) is 23.3. The number of hydrogen-bond acceptors (Lipinski definition) is 5. The largest absolute Gasteiger partial charge is 0.492 e. The van der Waals surface area contributed by atoms with Crippen molar-refractivity contribution in [2.24, 2.45) is 5.92 Å². The molecular formula is C23H24N4O5. The first-order valence-electron chi connectivity index (χ1n) is 10.3. The maximum atomic E-state index is 12.2. The summed E-state index contributed by atoms with van der Waals surface area (Å²) in [5.41, 5.74) is 0.739. The van der Waals surface area contributed by atoms with Crippen molar-refractivity contribution < 1.29 is 24.2 Å². The Balaban J connectivity index is 1.54. The molecule has 0 atom stereocenters. The second-order valence-corrected chi connectivity index (χ2v) is 7.41. The Labute approximate surface area is 185 Å².